The van der Waals surface area contributed by atoms with E-state index in [1.807, 2.05) is 24.3 Å². The number of para-hydroxylation sites is 2. The van der Waals surface area contributed by atoms with Gasteiger partial charge in [-0.3, -0.25) is 9.78 Å². The number of benzene rings is 1. The summed E-state index contributed by atoms with van der Waals surface area (Å²) in [5.41, 5.74) is 2.09. The Morgan fingerprint density at radius 3 is 2.74 bits per heavy atom. The number of carbonyl (C=O) groups excluding carboxylic acids is 1. The lowest BCUT2D eigenvalue weighted by Crippen LogP contribution is -2.36. The van der Waals surface area contributed by atoms with Crippen molar-refractivity contribution in [2.75, 3.05) is 23.3 Å². The molecule has 6 heteroatoms. The molecule has 1 amide bonds. The molecule has 3 rings (SSSR count). The van der Waals surface area contributed by atoms with E-state index in [1.165, 1.54) is 6.20 Å². The van der Waals surface area contributed by atoms with Crippen LogP contribution in [0.1, 0.15) is 23.2 Å². The van der Waals surface area contributed by atoms with Gasteiger partial charge < -0.3 is 15.3 Å². The lowest BCUT2D eigenvalue weighted by Gasteiger charge is -2.32. The summed E-state index contributed by atoms with van der Waals surface area (Å²) < 4.78 is 0. The summed E-state index contributed by atoms with van der Waals surface area (Å²) in [6.45, 7) is 1.54. The van der Waals surface area contributed by atoms with Crippen LogP contribution >= 0.6 is 11.6 Å². The zero-order valence-electron chi connectivity index (χ0n) is 12.6. The maximum atomic E-state index is 12.4. The molecule has 1 saturated heterocycles. The number of rotatable bonds is 3. The number of piperidine rings is 1. The second-order valence-electron chi connectivity index (χ2n) is 5.55. The third-order valence-electron chi connectivity index (χ3n) is 3.97. The SMILES string of the molecule is O=C(Nc1ccccc1N1CCC(O)CC1)c1ccncc1Cl. The number of nitrogens with zero attached hydrogens (tertiary/aromatic N) is 2. The first kappa shape index (κ1) is 15.8. The van der Waals surface area contributed by atoms with Crippen LogP contribution in [0.15, 0.2) is 42.7 Å². The van der Waals surface area contributed by atoms with Gasteiger partial charge in [-0.15, -0.1) is 0 Å². The van der Waals surface area contributed by atoms with Crippen LogP contribution in [0.4, 0.5) is 11.4 Å². The molecule has 1 aromatic carbocycles. The van der Waals surface area contributed by atoms with Gasteiger partial charge in [-0.2, -0.15) is 0 Å². The molecule has 1 aliphatic heterocycles. The maximum absolute atomic E-state index is 12.4. The van der Waals surface area contributed by atoms with Crippen LogP contribution in [-0.2, 0) is 0 Å². The summed E-state index contributed by atoms with van der Waals surface area (Å²) in [7, 11) is 0. The topological polar surface area (TPSA) is 65.5 Å². The summed E-state index contributed by atoms with van der Waals surface area (Å²) in [4.78, 5) is 18.5. The Morgan fingerprint density at radius 2 is 2.00 bits per heavy atom. The van der Waals surface area contributed by atoms with Crippen molar-refractivity contribution in [2.45, 2.75) is 18.9 Å². The Morgan fingerprint density at radius 1 is 1.26 bits per heavy atom. The molecule has 0 atom stereocenters. The van der Waals surface area contributed by atoms with Gasteiger partial charge >= 0.3 is 0 Å². The second-order valence-corrected chi connectivity index (χ2v) is 5.95. The fourth-order valence-electron chi connectivity index (χ4n) is 2.71. The van der Waals surface area contributed by atoms with Gasteiger partial charge in [0.25, 0.3) is 5.91 Å². The van der Waals surface area contributed by atoms with E-state index >= 15 is 0 Å². The first-order valence-electron chi connectivity index (χ1n) is 7.58. The molecule has 1 aromatic heterocycles. The van der Waals surface area contributed by atoms with Gasteiger partial charge in [-0.1, -0.05) is 23.7 Å². The zero-order valence-corrected chi connectivity index (χ0v) is 13.3. The number of anilines is 2. The highest BCUT2D eigenvalue weighted by Gasteiger charge is 2.20. The van der Waals surface area contributed by atoms with E-state index in [-0.39, 0.29) is 12.0 Å². The molecule has 0 radical (unpaired) electrons. The molecule has 0 saturated carbocycles. The standard InChI is InChI=1S/C17H18ClN3O2/c18-14-11-19-8-5-13(14)17(23)20-15-3-1-2-4-16(15)21-9-6-12(22)7-10-21/h1-5,8,11-12,22H,6-7,9-10H2,(H,20,23). The minimum Gasteiger partial charge on any atom is -0.393 e. The second kappa shape index (κ2) is 6.98. The quantitative estimate of drug-likeness (QED) is 0.907. The molecule has 120 valence electrons. The van der Waals surface area contributed by atoms with E-state index in [0.717, 1.165) is 37.3 Å². The van der Waals surface area contributed by atoms with Crippen molar-refractivity contribution in [3.8, 4) is 0 Å². The van der Waals surface area contributed by atoms with E-state index < -0.39 is 0 Å². The number of aromatic nitrogens is 1. The Hall–Kier alpha value is -2.11. The van der Waals surface area contributed by atoms with Gasteiger partial charge in [0.05, 0.1) is 28.1 Å². The van der Waals surface area contributed by atoms with Gasteiger partial charge in [0.2, 0.25) is 0 Å². The maximum Gasteiger partial charge on any atom is 0.257 e. The molecule has 5 nitrogen and oxygen atoms in total. The predicted octanol–water partition coefficient (Wildman–Crippen LogP) is 2.95. The third-order valence-corrected chi connectivity index (χ3v) is 4.28. The molecule has 0 spiro atoms. The van der Waals surface area contributed by atoms with Crippen LogP contribution in [0, 0.1) is 0 Å². The zero-order chi connectivity index (χ0) is 16.2. The fourth-order valence-corrected chi connectivity index (χ4v) is 2.92. The number of pyridine rings is 1. The van der Waals surface area contributed by atoms with E-state index in [2.05, 4.69) is 15.2 Å². The van der Waals surface area contributed by atoms with Gasteiger partial charge in [-0.25, -0.2) is 0 Å². The molecule has 2 N–H and O–H groups in total. The number of hydrogen-bond donors (Lipinski definition) is 2. The molecule has 2 aromatic rings. The molecule has 1 fully saturated rings. The summed E-state index contributed by atoms with van der Waals surface area (Å²) in [5, 5.41) is 12.9. The fraction of sp³-hybridized carbons (Fsp3) is 0.294. The van der Waals surface area contributed by atoms with Gasteiger partial charge in [0.15, 0.2) is 0 Å². The molecule has 23 heavy (non-hydrogen) atoms. The highest BCUT2D eigenvalue weighted by molar-refractivity contribution is 6.34. The van der Waals surface area contributed by atoms with Crippen LogP contribution in [0.25, 0.3) is 0 Å². The Kier molecular flexibility index (Phi) is 4.79. The largest absolute Gasteiger partial charge is 0.393 e. The smallest absolute Gasteiger partial charge is 0.257 e. The number of carbonyl (C=O) groups is 1. The molecular weight excluding hydrogens is 314 g/mol. The first-order valence-corrected chi connectivity index (χ1v) is 7.96. The van der Waals surface area contributed by atoms with Crippen molar-refractivity contribution in [3.05, 3.63) is 53.3 Å². The van der Waals surface area contributed by atoms with E-state index in [9.17, 15) is 9.90 Å². The number of nitrogens with one attached hydrogen (secondary N) is 1. The Labute approximate surface area is 139 Å². The minimum absolute atomic E-state index is 0.233. The van der Waals surface area contributed by atoms with Crippen molar-refractivity contribution in [1.82, 2.24) is 4.98 Å². The number of aliphatic hydroxyl groups excluding tert-OH is 1. The van der Waals surface area contributed by atoms with Crippen molar-refractivity contribution in [1.29, 1.82) is 0 Å². The lowest BCUT2D eigenvalue weighted by atomic mass is 10.1. The number of halogens is 1. The molecule has 2 heterocycles. The molecular formula is C17H18ClN3O2. The van der Waals surface area contributed by atoms with Crippen molar-refractivity contribution >= 4 is 28.9 Å². The molecule has 0 unspecified atom stereocenters. The normalized spacial score (nSPS) is 15.5. The monoisotopic (exact) mass is 331 g/mol. The lowest BCUT2D eigenvalue weighted by molar-refractivity contribution is 0.102. The summed E-state index contributed by atoms with van der Waals surface area (Å²) in [5.74, 6) is -0.262. The summed E-state index contributed by atoms with van der Waals surface area (Å²) in [6, 6.07) is 9.26. The van der Waals surface area contributed by atoms with Crippen molar-refractivity contribution in [2.24, 2.45) is 0 Å². The van der Waals surface area contributed by atoms with Gasteiger partial charge in [0.1, 0.15) is 0 Å². The number of amides is 1. The third kappa shape index (κ3) is 3.63. The Balaban J connectivity index is 1.81. The van der Waals surface area contributed by atoms with Crippen LogP contribution in [-0.4, -0.2) is 35.2 Å². The molecule has 0 aliphatic carbocycles. The van der Waals surface area contributed by atoms with E-state index in [0.29, 0.717) is 10.6 Å². The van der Waals surface area contributed by atoms with Crippen LogP contribution < -0.4 is 10.2 Å². The first-order chi connectivity index (χ1) is 11.1. The van der Waals surface area contributed by atoms with Crippen LogP contribution in [0.3, 0.4) is 0 Å². The van der Waals surface area contributed by atoms with Crippen LogP contribution in [0.2, 0.25) is 5.02 Å². The summed E-state index contributed by atoms with van der Waals surface area (Å²) in [6.07, 6.45) is 4.23. The van der Waals surface area contributed by atoms with E-state index in [1.54, 1.807) is 12.3 Å². The predicted molar refractivity (Wildman–Crippen MR) is 91.1 cm³/mol. The van der Waals surface area contributed by atoms with Crippen LogP contribution in [0.5, 0.6) is 0 Å². The average Bonchev–Trinajstić information content (AvgIpc) is 2.56. The molecule has 1 aliphatic rings. The highest BCUT2D eigenvalue weighted by Crippen LogP contribution is 2.29. The highest BCUT2D eigenvalue weighted by atomic mass is 35.5. The summed E-state index contributed by atoms with van der Waals surface area (Å²) >= 11 is 6.03. The number of aliphatic hydroxyl groups is 1. The van der Waals surface area contributed by atoms with Gasteiger partial charge in [-0.05, 0) is 31.0 Å². The van der Waals surface area contributed by atoms with Gasteiger partial charge in [0, 0.05) is 25.5 Å². The Bertz CT molecular complexity index is 700. The van der Waals surface area contributed by atoms with E-state index in [4.69, 9.17) is 11.6 Å². The van der Waals surface area contributed by atoms with Crippen molar-refractivity contribution in [3.63, 3.8) is 0 Å². The average molecular weight is 332 g/mol. The molecule has 0 bridgehead atoms. The minimum atomic E-state index is -0.262. The van der Waals surface area contributed by atoms with Crippen molar-refractivity contribution < 1.29 is 9.90 Å². The number of hydrogen-bond acceptors (Lipinski definition) is 4.